The molecular formula is C12H16N4O3. The van der Waals surface area contributed by atoms with Crippen molar-refractivity contribution in [3.05, 3.63) is 6.07 Å². The molecule has 1 aromatic rings. The highest BCUT2D eigenvalue weighted by molar-refractivity contribution is 5.92. The van der Waals surface area contributed by atoms with Crippen LogP contribution >= 0.6 is 0 Å². The van der Waals surface area contributed by atoms with Gasteiger partial charge < -0.3 is 9.47 Å². The fourth-order valence-electron chi connectivity index (χ4n) is 1.37. The van der Waals surface area contributed by atoms with Gasteiger partial charge in [-0.25, -0.2) is 0 Å². The highest BCUT2D eigenvalue weighted by Gasteiger charge is 2.22. The molecule has 1 unspecified atom stereocenters. The fraction of sp³-hybridized carbons (Fsp3) is 0.500. The minimum Gasteiger partial charge on any atom is -0.481 e. The monoisotopic (exact) mass is 264 g/mol. The number of ether oxygens (including phenoxy) is 2. The second-order valence-electron chi connectivity index (χ2n) is 4.12. The van der Waals surface area contributed by atoms with Gasteiger partial charge in [-0.05, 0) is 5.92 Å². The summed E-state index contributed by atoms with van der Waals surface area (Å²) in [5.74, 6) is -0.742. The normalized spacial score (nSPS) is 11.6. The van der Waals surface area contributed by atoms with Gasteiger partial charge in [-0.1, -0.05) is 13.8 Å². The largest absolute Gasteiger partial charge is 0.481 e. The number of methoxy groups -OCH3 is 2. The molecule has 0 radical (unpaired) electrons. The second-order valence-corrected chi connectivity index (χ2v) is 4.12. The molecule has 0 saturated heterocycles. The molecule has 0 saturated carbocycles. The van der Waals surface area contributed by atoms with Crippen LogP contribution in [0.2, 0.25) is 0 Å². The van der Waals surface area contributed by atoms with Crippen LogP contribution < -0.4 is 14.8 Å². The second kappa shape index (κ2) is 6.54. The SMILES string of the molecule is COc1cc(OC)nc(NC(=O)C(C#N)C(C)C)n1. The highest BCUT2D eigenvalue weighted by Crippen LogP contribution is 2.18. The van der Waals surface area contributed by atoms with Crippen molar-refractivity contribution in [2.24, 2.45) is 11.8 Å². The number of carbonyl (C=O) groups is 1. The van der Waals surface area contributed by atoms with E-state index in [2.05, 4.69) is 15.3 Å². The Morgan fingerprint density at radius 2 is 1.84 bits per heavy atom. The van der Waals surface area contributed by atoms with Gasteiger partial charge in [0.05, 0.1) is 26.4 Å². The molecule has 0 aliphatic heterocycles. The van der Waals surface area contributed by atoms with Gasteiger partial charge in [0, 0.05) is 0 Å². The van der Waals surface area contributed by atoms with Crippen molar-refractivity contribution in [1.82, 2.24) is 9.97 Å². The highest BCUT2D eigenvalue weighted by atomic mass is 16.5. The molecule has 1 atom stereocenters. The van der Waals surface area contributed by atoms with Gasteiger partial charge in [-0.15, -0.1) is 0 Å². The van der Waals surface area contributed by atoms with E-state index in [4.69, 9.17) is 14.7 Å². The number of rotatable bonds is 5. The minimum absolute atomic E-state index is 0.0436. The van der Waals surface area contributed by atoms with Crippen molar-refractivity contribution < 1.29 is 14.3 Å². The molecule has 1 N–H and O–H groups in total. The van der Waals surface area contributed by atoms with Gasteiger partial charge in [-0.3, -0.25) is 10.1 Å². The molecule has 7 nitrogen and oxygen atoms in total. The summed E-state index contributed by atoms with van der Waals surface area (Å²) in [7, 11) is 2.89. The van der Waals surface area contributed by atoms with E-state index in [1.807, 2.05) is 6.07 Å². The van der Waals surface area contributed by atoms with Gasteiger partial charge in [0.15, 0.2) is 0 Å². The summed E-state index contributed by atoms with van der Waals surface area (Å²) in [6, 6.07) is 3.43. The van der Waals surface area contributed by atoms with Gasteiger partial charge in [0.2, 0.25) is 23.6 Å². The van der Waals surface area contributed by atoms with E-state index < -0.39 is 11.8 Å². The lowest BCUT2D eigenvalue weighted by molar-refractivity contribution is -0.119. The van der Waals surface area contributed by atoms with Crippen LogP contribution in [0.3, 0.4) is 0 Å². The van der Waals surface area contributed by atoms with Crippen LogP contribution in [0.5, 0.6) is 11.8 Å². The number of nitrogens with zero attached hydrogens (tertiary/aromatic N) is 3. The standard InChI is InChI=1S/C12H16N4O3/c1-7(2)8(6-13)11(17)16-12-14-9(18-3)5-10(15-12)19-4/h5,7-8H,1-4H3,(H,14,15,16,17). The number of carbonyl (C=O) groups excluding carboxylic acids is 1. The number of anilines is 1. The van der Waals surface area contributed by atoms with Crippen LogP contribution in [0.25, 0.3) is 0 Å². The summed E-state index contributed by atoms with van der Waals surface area (Å²) in [5.41, 5.74) is 0. The summed E-state index contributed by atoms with van der Waals surface area (Å²) in [4.78, 5) is 19.8. The lowest BCUT2D eigenvalue weighted by Crippen LogP contribution is -2.26. The maximum atomic E-state index is 11.9. The van der Waals surface area contributed by atoms with E-state index in [1.165, 1.54) is 20.3 Å². The minimum atomic E-state index is -0.763. The molecule has 0 aliphatic rings. The van der Waals surface area contributed by atoms with Gasteiger partial charge in [0.25, 0.3) is 0 Å². The van der Waals surface area contributed by atoms with Crippen LogP contribution in [0, 0.1) is 23.2 Å². The Morgan fingerprint density at radius 3 is 2.21 bits per heavy atom. The van der Waals surface area contributed by atoms with E-state index in [0.29, 0.717) is 0 Å². The quantitative estimate of drug-likeness (QED) is 0.859. The predicted octanol–water partition coefficient (Wildman–Crippen LogP) is 1.23. The third-order valence-electron chi connectivity index (χ3n) is 2.42. The zero-order chi connectivity index (χ0) is 14.4. The molecule has 0 spiro atoms. The molecule has 7 heteroatoms. The van der Waals surface area contributed by atoms with Crippen molar-refractivity contribution in [1.29, 1.82) is 5.26 Å². The number of hydrogen-bond donors (Lipinski definition) is 1. The Labute approximate surface area is 111 Å². The lowest BCUT2D eigenvalue weighted by Gasteiger charge is -2.12. The average molecular weight is 264 g/mol. The number of nitriles is 1. The molecule has 1 rings (SSSR count). The first-order chi connectivity index (χ1) is 9.01. The Balaban J connectivity index is 2.93. The van der Waals surface area contributed by atoms with Crippen LogP contribution in [0.15, 0.2) is 6.07 Å². The Hall–Kier alpha value is -2.36. The third-order valence-corrected chi connectivity index (χ3v) is 2.42. The van der Waals surface area contributed by atoms with Crippen LogP contribution in [-0.4, -0.2) is 30.1 Å². The Morgan fingerprint density at radius 1 is 1.32 bits per heavy atom. The summed E-state index contributed by atoms with van der Waals surface area (Å²) in [6.07, 6.45) is 0. The van der Waals surface area contributed by atoms with Crippen molar-refractivity contribution in [2.45, 2.75) is 13.8 Å². The van der Waals surface area contributed by atoms with Gasteiger partial charge in [0.1, 0.15) is 5.92 Å². The maximum absolute atomic E-state index is 11.9. The lowest BCUT2D eigenvalue weighted by atomic mass is 9.97. The first-order valence-corrected chi connectivity index (χ1v) is 5.69. The topological polar surface area (TPSA) is 97.1 Å². The van der Waals surface area contributed by atoms with Crippen molar-refractivity contribution in [2.75, 3.05) is 19.5 Å². The first-order valence-electron chi connectivity index (χ1n) is 5.69. The van der Waals surface area contributed by atoms with E-state index >= 15 is 0 Å². The summed E-state index contributed by atoms with van der Waals surface area (Å²) >= 11 is 0. The molecule has 0 fully saturated rings. The number of aromatic nitrogens is 2. The van der Waals surface area contributed by atoms with E-state index in [1.54, 1.807) is 13.8 Å². The third kappa shape index (κ3) is 3.81. The van der Waals surface area contributed by atoms with Crippen molar-refractivity contribution >= 4 is 11.9 Å². The van der Waals surface area contributed by atoms with Crippen LogP contribution in [0.1, 0.15) is 13.8 Å². The summed E-state index contributed by atoms with van der Waals surface area (Å²) in [5, 5.41) is 11.4. The van der Waals surface area contributed by atoms with Gasteiger partial charge in [-0.2, -0.15) is 15.2 Å². The van der Waals surface area contributed by atoms with Crippen LogP contribution in [-0.2, 0) is 4.79 Å². The zero-order valence-corrected chi connectivity index (χ0v) is 11.3. The molecule has 1 heterocycles. The van der Waals surface area contributed by atoms with Crippen molar-refractivity contribution in [3.63, 3.8) is 0 Å². The predicted molar refractivity (Wildman–Crippen MR) is 67.7 cm³/mol. The molecule has 0 aromatic carbocycles. The molecular weight excluding hydrogens is 248 g/mol. The molecule has 102 valence electrons. The molecule has 1 amide bonds. The Kier molecular flexibility index (Phi) is 5.06. The molecule has 19 heavy (non-hydrogen) atoms. The molecule has 1 aromatic heterocycles. The fourth-order valence-corrected chi connectivity index (χ4v) is 1.37. The van der Waals surface area contributed by atoms with Crippen LogP contribution in [0.4, 0.5) is 5.95 Å². The number of nitrogens with one attached hydrogen (secondary N) is 1. The van der Waals surface area contributed by atoms with E-state index in [0.717, 1.165) is 0 Å². The average Bonchev–Trinajstić information content (AvgIpc) is 2.38. The number of hydrogen-bond acceptors (Lipinski definition) is 6. The van der Waals surface area contributed by atoms with E-state index in [-0.39, 0.29) is 23.6 Å². The summed E-state index contributed by atoms with van der Waals surface area (Å²) in [6.45, 7) is 3.58. The zero-order valence-electron chi connectivity index (χ0n) is 11.3. The van der Waals surface area contributed by atoms with E-state index in [9.17, 15) is 4.79 Å². The molecule has 0 aliphatic carbocycles. The molecule has 0 bridgehead atoms. The summed E-state index contributed by atoms with van der Waals surface area (Å²) < 4.78 is 9.93. The first kappa shape index (κ1) is 14.7. The van der Waals surface area contributed by atoms with Gasteiger partial charge >= 0.3 is 0 Å². The smallest absolute Gasteiger partial charge is 0.244 e. The maximum Gasteiger partial charge on any atom is 0.244 e. The Bertz CT molecular complexity index is 474. The van der Waals surface area contributed by atoms with Crippen molar-refractivity contribution in [3.8, 4) is 17.8 Å². The number of amides is 1.